The zero-order chi connectivity index (χ0) is 17.5. The number of likely N-dealkylation sites (N-methyl/N-ethyl adjacent to an activating group) is 1. The molecule has 0 N–H and O–H groups in total. The molecule has 5 rings (SSSR count). The van der Waals surface area contributed by atoms with Gasteiger partial charge in [0.1, 0.15) is 4.83 Å². The van der Waals surface area contributed by atoms with Crippen molar-refractivity contribution in [2.45, 2.75) is 12.5 Å². The first kappa shape index (κ1) is 16.2. The molecule has 0 amide bonds. The van der Waals surface area contributed by atoms with Gasteiger partial charge in [-0.25, -0.2) is 4.98 Å². The van der Waals surface area contributed by atoms with Gasteiger partial charge in [-0.3, -0.25) is 0 Å². The molecule has 5 heteroatoms. The number of thiophene rings is 1. The average molecular weight is 366 g/mol. The average Bonchev–Trinajstić information content (AvgIpc) is 3.15. The van der Waals surface area contributed by atoms with Crippen molar-refractivity contribution in [3.63, 3.8) is 0 Å². The van der Waals surface area contributed by atoms with Gasteiger partial charge in [0, 0.05) is 43.2 Å². The number of benzene rings is 1. The van der Waals surface area contributed by atoms with Crippen molar-refractivity contribution in [1.82, 2.24) is 9.88 Å². The summed E-state index contributed by atoms with van der Waals surface area (Å²) in [6.07, 6.45) is 0. The van der Waals surface area contributed by atoms with Gasteiger partial charge < -0.3 is 14.5 Å². The van der Waals surface area contributed by atoms with Crippen molar-refractivity contribution in [3.8, 4) is 0 Å². The molecule has 0 radical (unpaired) electrons. The Bertz CT molecular complexity index is 932. The predicted octanol–water partition coefficient (Wildman–Crippen LogP) is 3.71. The van der Waals surface area contributed by atoms with Crippen LogP contribution < -0.4 is 4.90 Å². The van der Waals surface area contributed by atoms with E-state index >= 15 is 0 Å². The van der Waals surface area contributed by atoms with Crippen LogP contribution in [0.5, 0.6) is 0 Å². The summed E-state index contributed by atoms with van der Waals surface area (Å²) in [5.74, 6) is 0.342. The minimum absolute atomic E-state index is 0.342. The Morgan fingerprint density at radius 2 is 2.00 bits per heavy atom. The van der Waals surface area contributed by atoms with Crippen LogP contribution >= 0.6 is 11.3 Å². The maximum Gasteiger partial charge on any atom is 0.123 e. The van der Waals surface area contributed by atoms with E-state index in [1.165, 1.54) is 27.9 Å². The fraction of sp³-hybridized carbons (Fsp3) is 0.381. The van der Waals surface area contributed by atoms with Crippen LogP contribution in [-0.4, -0.2) is 49.8 Å². The second-order valence-electron chi connectivity index (χ2n) is 7.28. The normalized spacial score (nSPS) is 21.1. The van der Waals surface area contributed by atoms with E-state index < -0.39 is 0 Å². The second kappa shape index (κ2) is 6.65. The predicted molar refractivity (Wildman–Crippen MR) is 107 cm³/mol. The number of hydrogen-bond acceptors (Lipinski definition) is 5. The number of rotatable bonds is 2. The summed E-state index contributed by atoms with van der Waals surface area (Å²) in [6, 6.07) is 13.6. The zero-order valence-corrected chi connectivity index (χ0v) is 15.8. The summed E-state index contributed by atoms with van der Waals surface area (Å²) in [7, 11) is 2.21. The molecule has 1 unspecified atom stereocenters. The van der Waals surface area contributed by atoms with E-state index in [-0.39, 0.29) is 0 Å². The van der Waals surface area contributed by atoms with Gasteiger partial charge in [0.05, 0.1) is 18.9 Å². The molecule has 1 atom stereocenters. The van der Waals surface area contributed by atoms with Crippen molar-refractivity contribution >= 4 is 27.2 Å². The van der Waals surface area contributed by atoms with E-state index in [1.807, 2.05) is 0 Å². The molecule has 4 nitrogen and oxygen atoms in total. The minimum atomic E-state index is 0.342. The third kappa shape index (κ3) is 2.90. The molecular weight excluding hydrogens is 342 g/mol. The van der Waals surface area contributed by atoms with Crippen molar-refractivity contribution in [2.75, 3.05) is 44.8 Å². The molecule has 0 spiro atoms. The van der Waals surface area contributed by atoms with Gasteiger partial charge in [0.15, 0.2) is 0 Å². The molecule has 0 aliphatic carbocycles. The molecule has 0 bridgehead atoms. The highest BCUT2D eigenvalue weighted by atomic mass is 32.1. The molecule has 2 aromatic heterocycles. The molecule has 1 saturated heterocycles. The van der Waals surface area contributed by atoms with E-state index in [4.69, 9.17) is 9.72 Å². The first-order chi connectivity index (χ1) is 12.8. The summed E-state index contributed by atoms with van der Waals surface area (Å²) in [5, 5.41) is 3.36. The monoisotopic (exact) mass is 365 g/mol. The van der Waals surface area contributed by atoms with E-state index in [0.717, 1.165) is 44.2 Å². The van der Waals surface area contributed by atoms with Crippen LogP contribution in [0.4, 0.5) is 5.69 Å². The minimum Gasteiger partial charge on any atom is -0.378 e. The maximum atomic E-state index is 5.50. The standard InChI is InChI=1S/C21H23N3OS/c1-23-13-16-12-17(24-7-9-25-10-8-24)3-4-18(16)19(14-23)20-5-2-15-6-11-26-21(15)22-20/h2-6,11-12,19H,7-10,13-14H2,1H3. The quantitative estimate of drug-likeness (QED) is 0.692. The number of morpholine rings is 1. The van der Waals surface area contributed by atoms with Gasteiger partial charge >= 0.3 is 0 Å². The van der Waals surface area contributed by atoms with Crippen molar-refractivity contribution in [3.05, 3.63) is 58.6 Å². The number of nitrogens with zero attached hydrogens (tertiary/aromatic N) is 3. The summed E-state index contributed by atoms with van der Waals surface area (Å²) < 4.78 is 5.50. The molecule has 134 valence electrons. The Hall–Kier alpha value is -1.95. The smallest absolute Gasteiger partial charge is 0.123 e. The Balaban J connectivity index is 1.52. The molecule has 1 aromatic carbocycles. The summed E-state index contributed by atoms with van der Waals surface area (Å²) in [4.78, 5) is 11.0. The largest absolute Gasteiger partial charge is 0.378 e. The van der Waals surface area contributed by atoms with Gasteiger partial charge in [-0.05, 0) is 47.8 Å². The van der Waals surface area contributed by atoms with E-state index in [2.05, 4.69) is 58.6 Å². The Labute approximate surface area is 158 Å². The van der Waals surface area contributed by atoms with Gasteiger partial charge in [-0.1, -0.05) is 12.1 Å². The van der Waals surface area contributed by atoms with E-state index in [0.29, 0.717) is 5.92 Å². The van der Waals surface area contributed by atoms with Crippen LogP contribution in [0.2, 0.25) is 0 Å². The maximum absolute atomic E-state index is 5.50. The van der Waals surface area contributed by atoms with Gasteiger partial charge in [-0.15, -0.1) is 11.3 Å². The number of aromatic nitrogens is 1. The fourth-order valence-electron chi connectivity index (χ4n) is 4.16. The molecule has 3 aromatic rings. The molecule has 2 aliphatic heterocycles. The lowest BCUT2D eigenvalue weighted by Crippen LogP contribution is -2.37. The van der Waals surface area contributed by atoms with Crippen LogP contribution in [0, 0.1) is 0 Å². The van der Waals surface area contributed by atoms with Gasteiger partial charge in [-0.2, -0.15) is 0 Å². The highest BCUT2D eigenvalue weighted by Crippen LogP contribution is 2.35. The molecular formula is C21H23N3OS. The first-order valence-electron chi connectivity index (χ1n) is 9.26. The van der Waals surface area contributed by atoms with E-state index in [9.17, 15) is 0 Å². The number of hydrogen-bond donors (Lipinski definition) is 0. The first-order valence-corrected chi connectivity index (χ1v) is 10.1. The highest BCUT2D eigenvalue weighted by molar-refractivity contribution is 7.16. The molecule has 26 heavy (non-hydrogen) atoms. The lowest BCUT2D eigenvalue weighted by molar-refractivity contribution is 0.122. The third-order valence-electron chi connectivity index (χ3n) is 5.51. The van der Waals surface area contributed by atoms with Crippen LogP contribution in [0.3, 0.4) is 0 Å². The zero-order valence-electron chi connectivity index (χ0n) is 15.0. The number of pyridine rings is 1. The number of ether oxygens (including phenoxy) is 1. The summed E-state index contributed by atoms with van der Waals surface area (Å²) >= 11 is 1.73. The Kier molecular flexibility index (Phi) is 4.15. The number of fused-ring (bicyclic) bond motifs is 2. The van der Waals surface area contributed by atoms with Gasteiger partial charge in [0.2, 0.25) is 0 Å². The third-order valence-corrected chi connectivity index (χ3v) is 6.33. The summed E-state index contributed by atoms with van der Waals surface area (Å²) in [5.41, 5.74) is 5.37. The van der Waals surface area contributed by atoms with Crippen LogP contribution in [0.1, 0.15) is 22.7 Å². The van der Waals surface area contributed by atoms with Crippen LogP contribution in [-0.2, 0) is 11.3 Å². The molecule has 2 aliphatic rings. The lowest BCUT2D eigenvalue weighted by Gasteiger charge is -2.34. The van der Waals surface area contributed by atoms with Crippen LogP contribution in [0.15, 0.2) is 41.8 Å². The topological polar surface area (TPSA) is 28.6 Å². The molecule has 1 fully saturated rings. The van der Waals surface area contributed by atoms with E-state index in [1.54, 1.807) is 11.3 Å². The SMILES string of the molecule is CN1Cc2cc(N3CCOCC3)ccc2C(c2ccc3ccsc3n2)C1. The fourth-order valence-corrected chi connectivity index (χ4v) is 4.93. The van der Waals surface area contributed by atoms with Gasteiger partial charge in [0.25, 0.3) is 0 Å². The molecule has 0 saturated carbocycles. The highest BCUT2D eigenvalue weighted by Gasteiger charge is 2.27. The lowest BCUT2D eigenvalue weighted by atomic mass is 9.87. The van der Waals surface area contributed by atoms with Crippen molar-refractivity contribution in [2.24, 2.45) is 0 Å². The van der Waals surface area contributed by atoms with Crippen molar-refractivity contribution in [1.29, 1.82) is 0 Å². The van der Waals surface area contributed by atoms with Crippen LogP contribution in [0.25, 0.3) is 10.2 Å². The second-order valence-corrected chi connectivity index (χ2v) is 8.18. The number of anilines is 1. The Morgan fingerprint density at radius 3 is 2.88 bits per heavy atom. The molecule has 4 heterocycles. The van der Waals surface area contributed by atoms with Crippen molar-refractivity contribution < 1.29 is 4.74 Å². The summed E-state index contributed by atoms with van der Waals surface area (Å²) in [6.45, 7) is 5.64. The Morgan fingerprint density at radius 1 is 1.12 bits per heavy atom.